The largest absolute Gasteiger partial charge is 0.306 e. The van der Waals surface area contributed by atoms with Crippen LogP contribution in [0, 0.1) is 11.8 Å². The molecular weight excluding hydrogens is 138 g/mol. The normalized spacial score (nSPS) is 20.4. The van der Waals surface area contributed by atoms with Crippen LogP contribution < -0.4 is 0 Å². The zero-order chi connectivity index (χ0) is 8.43. The van der Waals surface area contributed by atoms with E-state index in [0.29, 0.717) is 11.7 Å². The Labute approximate surface area is 68.6 Å². The fourth-order valence-corrected chi connectivity index (χ4v) is 1.48. The highest BCUT2D eigenvalue weighted by Gasteiger charge is 2.25. The highest BCUT2D eigenvalue weighted by molar-refractivity contribution is 5.80. The summed E-state index contributed by atoms with van der Waals surface area (Å²) in [6, 6.07) is 0. The van der Waals surface area contributed by atoms with Crippen LogP contribution in [-0.4, -0.2) is 30.8 Å². The molecule has 2 nitrogen and oxygen atoms in total. The summed E-state index contributed by atoms with van der Waals surface area (Å²) in [6.07, 6.45) is 0.794. The van der Waals surface area contributed by atoms with Crippen molar-refractivity contribution in [2.75, 3.05) is 20.1 Å². The van der Waals surface area contributed by atoms with Crippen molar-refractivity contribution in [1.29, 1.82) is 0 Å². The summed E-state index contributed by atoms with van der Waals surface area (Å²) in [5.74, 6) is 1.29. The van der Waals surface area contributed by atoms with Gasteiger partial charge in [-0.15, -0.1) is 0 Å². The second-order valence-corrected chi connectivity index (χ2v) is 3.91. The molecule has 11 heavy (non-hydrogen) atoms. The van der Waals surface area contributed by atoms with Crippen molar-refractivity contribution in [2.45, 2.75) is 20.3 Å². The van der Waals surface area contributed by atoms with E-state index in [1.54, 1.807) is 0 Å². The van der Waals surface area contributed by atoms with Crippen LogP contribution in [0.4, 0.5) is 0 Å². The molecule has 0 saturated carbocycles. The fraction of sp³-hybridized carbons (Fsp3) is 0.889. The van der Waals surface area contributed by atoms with Gasteiger partial charge in [0.1, 0.15) is 5.78 Å². The third kappa shape index (κ3) is 2.29. The zero-order valence-corrected chi connectivity index (χ0v) is 7.63. The molecular formula is C9H17NO. The predicted octanol–water partition coefficient (Wildman–Crippen LogP) is 1.16. The minimum absolute atomic E-state index is 0.223. The summed E-state index contributed by atoms with van der Waals surface area (Å²) in [5.41, 5.74) is 0. The van der Waals surface area contributed by atoms with E-state index in [9.17, 15) is 4.79 Å². The Bertz CT molecular complexity index is 148. The van der Waals surface area contributed by atoms with Gasteiger partial charge in [0.25, 0.3) is 0 Å². The van der Waals surface area contributed by atoms with E-state index >= 15 is 0 Å². The molecule has 0 aliphatic carbocycles. The number of ketones is 1. The van der Waals surface area contributed by atoms with E-state index in [2.05, 4.69) is 11.9 Å². The fourth-order valence-electron chi connectivity index (χ4n) is 1.48. The number of Topliss-reactive ketones (excluding diaryl/α,β-unsaturated/α-hetero) is 1. The van der Waals surface area contributed by atoms with Crippen LogP contribution >= 0.6 is 0 Å². The zero-order valence-electron chi connectivity index (χ0n) is 7.63. The van der Waals surface area contributed by atoms with Crippen LogP contribution in [0.25, 0.3) is 0 Å². The molecule has 0 spiro atoms. The first-order valence-electron chi connectivity index (χ1n) is 4.31. The molecule has 0 aromatic carbocycles. The number of likely N-dealkylation sites (tertiary alicyclic amines) is 1. The third-order valence-electron chi connectivity index (χ3n) is 2.27. The summed E-state index contributed by atoms with van der Waals surface area (Å²) in [7, 11) is 2.09. The van der Waals surface area contributed by atoms with Crippen molar-refractivity contribution in [3.8, 4) is 0 Å². The Hall–Kier alpha value is -0.370. The van der Waals surface area contributed by atoms with Crippen LogP contribution in [0.1, 0.15) is 20.3 Å². The van der Waals surface area contributed by atoms with Gasteiger partial charge in [-0.05, 0) is 13.0 Å². The van der Waals surface area contributed by atoms with E-state index < -0.39 is 0 Å². The number of rotatable bonds is 3. The minimum Gasteiger partial charge on any atom is -0.306 e. The second kappa shape index (κ2) is 3.35. The lowest BCUT2D eigenvalue weighted by atomic mass is 9.91. The molecule has 1 heterocycles. The van der Waals surface area contributed by atoms with E-state index in [0.717, 1.165) is 19.5 Å². The Kier molecular flexibility index (Phi) is 2.66. The van der Waals surface area contributed by atoms with E-state index in [1.807, 2.05) is 13.8 Å². The molecule has 1 aliphatic heterocycles. The van der Waals surface area contributed by atoms with Gasteiger partial charge in [-0.2, -0.15) is 0 Å². The molecule has 1 saturated heterocycles. The molecule has 0 atom stereocenters. The number of nitrogens with zero attached hydrogens (tertiary/aromatic N) is 1. The van der Waals surface area contributed by atoms with Gasteiger partial charge in [-0.25, -0.2) is 0 Å². The van der Waals surface area contributed by atoms with E-state index in [4.69, 9.17) is 0 Å². The number of hydrogen-bond donors (Lipinski definition) is 0. The Balaban J connectivity index is 2.17. The van der Waals surface area contributed by atoms with Gasteiger partial charge in [0.2, 0.25) is 0 Å². The van der Waals surface area contributed by atoms with Gasteiger partial charge in [0.15, 0.2) is 0 Å². The quantitative estimate of drug-likeness (QED) is 0.609. The average molecular weight is 155 g/mol. The van der Waals surface area contributed by atoms with Crippen molar-refractivity contribution in [2.24, 2.45) is 11.8 Å². The molecule has 0 radical (unpaired) electrons. The van der Waals surface area contributed by atoms with Gasteiger partial charge < -0.3 is 4.90 Å². The lowest BCUT2D eigenvalue weighted by Gasteiger charge is -2.36. The number of carbonyl (C=O) groups excluding carboxylic acids is 1. The maximum absolute atomic E-state index is 11.2. The first-order chi connectivity index (χ1) is 5.09. The lowest BCUT2D eigenvalue weighted by Crippen LogP contribution is -2.44. The van der Waals surface area contributed by atoms with Crippen molar-refractivity contribution >= 4 is 5.78 Å². The molecule has 0 unspecified atom stereocenters. The average Bonchev–Trinajstić information content (AvgIpc) is 1.84. The maximum Gasteiger partial charge on any atom is 0.135 e. The third-order valence-corrected chi connectivity index (χ3v) is 2.27. The minimum atomic E-state index is 0.223. The molecule has 0 amide bonds. The van der Waals surface area contributed by atoms with E-state index in [1.165, 1.54) is 0 Å². The lowest BCUT2D eigenvalue weighted by molar-refractivity contribution is -0.123. The summed E-state index contributed by atoms with van der Waals surface area (Å²) in [5, 5.41) is 0. The molecule has 0 aromatic rings. The summed E-state index contributed by atoms with van der Waals surface area (Å²) >= 11 is 0. The van der Waals surface area contributed by atoms with Gasteiger partial charge in [-0.1, -0.05) is 13.8 Å². The Morgan fingerprint density at radius 2 is 2.09 bits per heavy atom. The van der Waals surface area contributed by atoms with Crippen LogP contribution in [-0.2, 0) is 4.79 Å². The van der Waals surface area contributed by atoms with Crippen molar-refractivity contribution in [3.63, 3.8) is 0 Å². The topological polar surface area (TPSA) is 20.3 Å². The summed E-state index contributed by atoms with van der Waals surface area (Å²) in [6.45, 7) is 6.17. The standard InChI is InChI=1S/C9H17NO/c1-7(2)9(11)4-8-5-10(3)6-8/h7-8H,4-6H2,1-3H3. The van der Waals surface area contributed by atoms with E-state index in [-0.39, 0.29) is 5.92 Å². The van der Waals surface area contributed by atoms with Crippen molar-refractivity contribution < 1.29 is 4.79 Å². The summed E-state index contributed by atoms with van der Waals surface area (Å²) in [4.78, 5) is 13.5. The molecule has 0 N–H and O–H groups in total. The number of hydrogen-bond acceptors (Lipinski definition) is 2. The predicted molar refractivity (Wildman–Crippen MR) is 45.4 cm³/mol. The van der Waals surface area contributed by atoms with Crippen molar-refractivity contribution in [1.82, 2.24) is 4.90 Å². The molecule has 64 valence electrons. The Morgan fingerprint density at radius 3 is 2.45 bits per heavy atom. The maximum atomic E-state index is 11.2. The highest BCUT2D eigenvalue weighted by atomic mass is 16.1. The first-order valence-corrected chi connectivity index (χ1v) is 4.31. The van der Waals surface area contributed by atoms with Crippen LogP contribution in [0.5, 0.6) is 0 Å². The van der Waals surface area contributed by atoms with Crippen molar-refractivity contribution in [3.05, 3.63) is 0 Å². The molecule has 0 aromatic heterocycles. The van der Waals surface area contributed by atoms with Gasteiger partial charge in [-0.3, -0.25) is 4.79 Å². The SMILES string of the molecule is CC(C)C(=O)CC1CN(C)C1. The van der Waals surface area contributed by atoms with Crippen LogP contribution in [0.2, 0.25) is 0 Å². The smallest absolute Gasteiger partial charge is 0.135 e. The molecule has 1 rings (SSSR count). The van der Waals surface area contributed by atoms with Crippen LogP contribution in [0.3, 0.4) is 0 Å². The van der Waals surface area contributed by atoms with Crippen LogP contribution in [0.15, 0.2) is 0 Å². The molecule has 2 heteroatoms. The highest BCUT2D eigenvalue weighted by Crippen LogP contribution is 2.18. The first kappa shape index (κ1) is 8.72. The molecule has 1 aliphatic rings. The summed E-state index contributed by atoms with van der Waals surface area (Å²) < 4.78 is 0. The number of carbonyl (C=O) groups is 1. The van der Waals surface area contributed by atoms with Gasteiger partial charge in [0.05, 0.1) is 0 Å². The Morgan fingerprint density at radius 1 is 1.55 bits per heavy atom. The monoisotopic (exact) mass is 155 g/mol. The molecule has 1 fully saturated rings. The van der Waals surface area contributed by atoms with Gasteiger partial charge in [0, 0.05) is 25.4 Å². The molecule has 0 bridgehead atoms. The second-order valence-electron chi connectivity index (χ2n) is 3.91. The van der Waals surface area contributed by atoms with Gasteiger partial charge >= 0.3 is 0 Å².